The highest BCUT2D eigenvalue weighted by atomic mass is 16.2. The van der Waals surface area contributed by atoms with Crippen molar-refractivity contribution in [3.05, 3.63) is 34.9 Å². The Morgan fingerprint density at radius 3 is 2.85 bits per heavy atom. The lowest BCUT2D eigenvalue weighted by Crippen LogP contribution is -2.52. The van der Waals surface area contributed by atoms with Gasteiger partial charge in [0.15, 0.2) is 0 Å². The minimum atomic E-state index is -0.556. The second-order valence-electron chi connectivity index (χ2n) is 7.64. The second kappa shape index (κ2) is 7.40. The third-order valence-corrected chi connectivity index (χ3v) is 5.91. The van der Waals surface area contributed by atoms with E-state index in [1.807, 2.05) is 12.1 Å². The van der Waals surface area contributed by atoms with Crippen LogP contribution in [0.1, 0.15) is 47.7 Å². The predicted octanol–water partition coefficient (Wildman–Crippen LogP) is 0.631. The smallest absolute Gasteiger partial charge is 0.255 e. The molecule has 2 atom stereocenters. The highest BCUT2D eigenvalue weighted by Gasteiger charge is 2.39. The van der Waals surface area contributed by atoms with Gasteiger partial charge in [0.1, 0.15) is 6.04 Å². The number of hydrogen-bond donors (Lipinski definition) is 2. The van der Waals surface area contributed by atoms with Crippen molar-refractivity contribution in [1.82, 2.24) is 20.4 Å². The summed E-state index contributed by atoms with van der Waals surface area (Å²) < 4.78 is 0. The Bertz CT molecular complexity index is 778. The Kier molecular flexibility index (Phi) is 4.97. The number of piperazine rings is 1. The third-order valence-electron chi connectivity index (χ3n) is 5.91. The molecule has 1 aromatic rings. The maximum absolute atomic E-state index is 12.9. The molecule has 3 aliphatic rings. The summed E-state index contributed by atoms with van der Waals surface area (Å²) in [6, 6.07) is 5.82. The molecule has 2 N–H and O–H groups in total. The lowest BCUT2D eigenvalue weighted by molar-refractivity contribution is -0.136. The molecule has 144 valence electrons. The summed E-state index contributed by atoms with van der Waals surface area (Å²) in [6.07, 6.45) is 1.78. The van der Waals surface area contributed by atoms with Gasteiger partial charge in [-0.2, -0.15) is 0 Å². The summed E-state index contributed by atoms with van der Waals surface area (Å²) in [5.74, 6) is -0.722. The van der Waals surface area contributed by atoms with Crippen molar-refractivity contribution in [3.8, 4) is 0 Å². The van der Waals surface area contributed by atoms with Crippen LogP contribution in [-0.4, -0.2) is 59.2 Å². The topological polar surface area (TPSA) is 81.8 Å². The molecule has 27 heavy (non-hydrogen) atoms. The first-order valence-electron chi connectivity index (χ1n) is 9.78. The number of nitrogens with one attached hydrogen (secondary N) is 2. The van der Waals surface area contributed by atoms with Crippen LogP contribution in [0.2, 0.25) is 0 Å². The molecular formula is C20H26N4O3. The maximum atomic E-state index is 12.9. The van der Waals surface area contributed by atoms with Gasteiger partial charge in [0, 0.05) is 50.7 Å². The number of carbonyl (C=O) groups is 3. The summed E-state index contributed by atoms with van der Waals surface area (Å²) >= 11 is 0. The van der Waals surface area contributed by atoms with Crippen molar-refractivity contribution in [2.45, 2.75) is 51.4 Å². The molecule has 3 aliphatic heterocycles. The Balaban J connectivity index is 1.52. The van der Waals surface area contributed by atoms with E-state index in [1.54, 1.807) is 4.90 Å². The number of piperidine rings is 1. The van der Waals surface area contributed by atoms with Gasteiger partial charge in [-0.3, -0.25) is 24.6 Å². The number of carbonyl (C=O) groups excluding carboxylic acids is 3. The molecule has 3 heterocycles. The molecule has 0 aromatic heterocycles. The van der Waals surface area contributed by atoms with Gasteiger partial charge >= 0.3 is 0 Å². The zero-order valence-corrected chi connectivity index (χ0v) is 15.7. The van der Waals surface area contributed by atoms with Gasteiger partial charge in [0.25, 0.3) is 5.91 Å². The number of nitrogens with zero attached hydrogens (tertiary/aromatic N) is 2. The van der Waals surface area contributed by atoms with Crippen LogP contribution in [0.15, 0.2) is 18.2 Å². The lowest BCUT2D eigenvalue weighted by Gasteiger charge is -2.33. The number of amides is 3. The predicted molar refractivity (Wildman–Crippen MR) is 99.8 cm³/mol. The lowest BCUT2D eigenvalue weighted by atomic mass is 10.0. The van der Waals surface area contributed by atoms with E-state index in [0.29, 0.717) is 24.6 Å². The molecular weight excluding hydrogens is 344 g/mol. The first-order valence-corrected chi connectivity index (χ1v) is 9.78. The van der Waals surface area contributed by atoms with Gasteiger partial charge in [-0.1, -0.05) is 19.1 Å². The highest BCUT2D eigenvalue weighted by molar-refractivity contribution is 6.05. The largest absolute Gasteiger partial charge is 0.322 e. The Morgan fingerprint density at radius 2 is 2.07 bits per heavy atom. The van der Waals surface area contributed by atoms with Gasteiger partial charge < -0.3 is 10.2 Å². The van der Waals surface area contributed by atoms with Crippen LogP contribution in [-0.2, 0) is 22.7 Å². The van der Waals surface area contributed by atoms with Gasteiger partial charge in [0.2, 0.25) is 11.8 Å². The van der Waals surface area contributed by atoms with Gasteiger partial charge in [-0.25, -0.2) is 0 Å². The van der Waals surface area contributed by atoms with Crippen molar-refractivity contribution < 1.29 is 14.4 Å². The number of benzene rings is 1. The molecule has 0 spiro atoms. The van der Waals surface area contributed by atoms with Gasteiger partial charge in [0.05, 0.1) is 0 Å². The minimum Gasteiger partial charge on any atom is -0.322 e. The summed E-state index contributed by atoms with van der Waals surface area (Å²) in [4.78, 5) is 40.6. The Labute approximate surface area is 159 Å². The minimum absolute atomic E-state index is 0.104. The van der Waals surface area contributed by atoms with Crippen LogP contribution in [0.4, 0.5) is 0 Å². The summed E-state index contributed by atoms with van der Waals surface area (Å²) in [6.45, 7) is 6.43. The number of rotatable bonds is 4. The molecule has 4 rings (SSSR count). The average molecular weight is 370 g/mol. The van der Waals surface area contributed by atoms with Crippen molar-refractivity contribution in [2.24, 2.45) is 0 Å². The zero-order chi connectivity index (χ0) is 19.0. The van der Waals surface area contributed by atoms with E-state index in [2.05, 4.69) is 28.5 Å². The van der Waals surface area contributed by atoms with Crippen LogP contribution in [0, 0.1) is 0 Å². The highest BCUT2D eigenvalue weighted by Crippen LogP contribution is 2.30. The molecule has 0 radical (unpaired) electrons. The van der Waals surface area contributed by atoms with E-state index in [0.717, 1.165) is 43.7 Å². The van der Waals surface area contributed by atoms with E-state index in [-0.39, 0.29) is 24.1 Å². The first-order chi connectivity index (χ1) is 13.1. The quantitative estimate of drug-likeness (QED) is 0.760. The molecule has 2 fully saturated rings. The van der Waals surface area contributed by atoms with Gasteiger partial charge in [-0.05, 0) is 30.0 Å². The van der Waals surface area contributed by atoms with E-state index in [9.17, 15) is 14.4 Å². The first kappa shape index (κ1) is 18.1. The Hall–Kier alpha value is -2.25. The van der Waals surface area contributed by atoms with Crippen LogP contribution in [0.25, 0.3) is 0 Å². The monoisotopic (exact) mass is 370 g/mol. The molecule has 3 amide bonds. The third kappa shape index (κ3) is 3.49. The fraction of sp³-hybridized carbons (Fsp3) is 0.550. The van der Waals surface area contributed by atoms with Crippen LogP contribution >= 0.6 is 0 Å². The fourth-order valence-electron chi connectivity index (χ4n) is 4.35. The average Bonchev–Trinajstić information content (AvgIpc) is 3.00. The number of hydrogen-bond acceptors (Lipinski definition) is 5. The molecule has 2 saturated heterocycles. The summed E-state index contributed by atoms with van der Waals surface area (Å²) in [7, 11) is 0. The maximum Gasteiger partial charge on any atom is 0.255 e. The standard InChI is InChI=1S/C20H26N4O3/c1-2-14-11-23(9-8-21-14)10-13-4-3-5-15-16(13)12-24(20(15)27)17-6-7-18(25)22-19(17)26/h3-5,14,17,21H,2,6-12H2,1H3,(H,22,25,26). The van der Waals surface area contributed by atoms with Crippen molar-refractivity contribution in [3.63, 3.8) is 0 Å². The van der Waals surface area contributed by atoms with Gasteiger partial charge in [-0.15, -0.1) is 0 Å². The van der Waals surface area contributed by atoms with Crippen molar-refractivity contribution in [1.29, 1.82) is 0 Å². The molecule has 1 aromatic carbocycles. The van der Waals surface area contributed by atoms with E-state index in [4.69, 9.17) is 0 Å². The van der Waals surface area contributed by atoms with E-state index in [1.165, 1.54) is 0 Å². The number of imide groups is 1. The number of fused-ring (bicyclic) bond motifs is 1. The fourth-order valence-corrected chi connectivity index (χ4v) is 4.35. The summed E-state index contributed by atoms with van der Waals surface area (Å²) in [5.41, 5.74) is 2.88. The SMILES string of the molecule is CCC1CN(Cc2cccc3c2CN(C2CCC(=O)NC2=O)C3=O)CCN1. The second-order valence-corrected chi connectivity index (χ2v) is 7.64. The molecule has 0 saturated carbocycles. The van der Waals surface area contributed by atoms with E-state index >= 15 is 0 Å². The molecule has 0 aliphatic carbocycles. The van der Waals surface area contributed by atoms with E-state index < -0.39 is 6.04 Å². The normalized spacial score (nSPS) is 26.3. The zero-order valence-electron chi connectivity index (χ0n) is 15.7. The van der Waals surface area contributed by atoms with Crippen LogP contribution in [0.5, 0.6) is 0 Å². The Morgan fingerprint density at radius 1 is 1.22 bits per heavy atom. The van der Waals surface area contributed by atoms with Crippen molar-refractivity contribution in [2.75, 3.05) is 19.6 Å². The van der Waals surface area contributed by atoms with Crippen molar-refractivity contribution >= 4 is 17.7 Å². The molecule has 0 bridgehead atoms. The molecule has 7 heteroatoms. The van der Waals surface area contributed by atoms with Crippen LogP contribution < -0.4 is 10.6 Å². The summed E-state index contributed by atoms with van der Waals surface area (Å²) in [5, 5.41) is 5.88. The molecule has 2 unspecified atom stereocenters. The van der Waals surface area contributed by atoms with Crippen LogP contribution in [0.3, 0.4) is 0 Å². The molecule has 7 nitrogen and oxygen atoms in total.